The van der Waals surface area contributed by atoms with Gasteiger partial charge < -0.3 is 10.1 Å². The second-order valence-corrected chi connectivity index (χ2v) is 6.66. The lowest BCUT2D eigenvalue weighted by atomic mass is 9.90. The highest BCUT2D eigenvalue weighted by atomic mass is 32.2. The zero-order valence-electron chi connectivity index (χ0n) is 11.3. The maximum atomic E-state index is 14.3. The van der Waals surface area contributed by atoms with E-state index in [0.29, 0.717) is 11.5 Å². The van der Waals surface area contributed by atoms with E-state index in [2.05, 4.69) is 26.1 Å². The number of rotatable bonds is 3. The zero-order chi connectivity index (χ0) is 13.3. The number of hydrogen-bond acceptors (Lipinski definition) is 3. The van der Waals surface area contributed by atoms with Crippen molar-refractivity contribution in [2.75, 3.05) is 13.7 Å². The summed E-state index contributed by atoms with van der Waals surface area (Å²) in [7, 11) is 1.51. The lowest BCUT2D eigenvalue weighted by Crippen LogP contribution is -2.40. The molecule has 1 heterocycles. The number of benzene rings is 1. The summed E-state index contributed by atoms with van der Waals surface area (Å²) in [5.74, 6) is 0.831. The Balaban J connectivity index is 2.49. The highest BCUT2D eigenvalue weighted by molar-refractivity contribution is 8.00. The van der Waals surface area contributed by atoms with Crippen LogP contribution < -0.4 is 10.1 Å². The monoisotopic (exact) mass is 269 g/mol. The molecule has 1 aromatic carbocycles. The third kappa shape index (κ3) is 2.24. The summed E-state index contributed by atoms with van der Waals surface area (Å²) in [6, 6.07) is 3.90. The number of methoxy groups -OCH3 is 1. The molecule has 1 N–H and O–H groups in total. The third-order valence-electron chi connectivity index (χ3n) is 3.47. The molecule has 0 fully saturated rings. The van der Waals surface area contributed by atoms with Gasteiger partial charge in [0.1, 0.15) is 0 Å². The number of nitrogens with one attached hydrogen (secondary N) is 1. The van der Waals surface area contributed by atoms with Crippen molar-refractivity contribution in [1.29, 1.82) is 0 Å². The largest absolute Gasteiger partial charge is 0.494 e. The summed E-state index contributed by atoms with van der Waals surface area (Å²) in [5.41, 5.74) is 1.85. The molecule has 4 heteroatoms. The molecule has 0 aliphatic carbocycles. The molecule has 0 bridgehead atoms. The molecule has 2 rings (SSSR count). The van der Waals surface area contributed by atoms with Crippen molar-refractivity contribution in [2.45, 2.75) is 37.3 Å². The quantitative estimate of drug-likeness (QED) is 0.907. The molecule has 1 unspecified atom stereocenters. The molecule has 1 aliphatic rings. The summed E-state index contributed by atoms with van der Waals surface area (Å²) in [6.45, 7) is 7.36. The lowest BCUT2D eigenvalue weighted by Gasteiger charge is -2.40. The van der Waals surface area contributed by atoms with Crippen molar-refractivity contribution in [1.82, 2.24) is 5.32 Å². The van der Waals surface area contributed by atoms with E-state index in [0.717, 1.165) is 17.7 Å². The first kappa shape index (κ1) is 13.7. The van der Waals surface area contributed by atoms with Gasteiger partial charge in [-0.2, -0.15) is 0 Å². The first-order chi connectivity index (χ1) is 8.51. The normalized spacial score (nSPS) is 21.5. The Labute approximate surface area is 112 Å². The molecule has 1 aliphatic heterocycles. The summed E-state index contributed by atoms with van der Waals surface area (Å²) in [6.07, 6.45) is 0. The fourth-order valence-corrected chi connectivity index (χ4v) is 3.65. The average Bonchev–Trinajstić information content (AvgIpc) is 2.33. The van der Waals surface area contributed by atoms with Gasteiger partial charge >= 0.3 is 0 Å². The maximum absolute atomic E-state index is 14.3. The van der Waals surface area contributed by atoms with Gasteiger partial charge in [0, 0.05) is 22.1 Å². The van der Waals surface area contributed by atoms with Crippen molar-refractivity contribution >= 4 is 11.8 Å². The topological polar surface area (TPSA) is 21.3 Å². The van der Waals surface area contributed by atoms with Crippen molar-refractivity contribution in [3.8, 4) is 5.75 Å². The standard InChI is InChI=1S/C14H20FNOS/c1-5-16-13-9-6-7-11(17-4)12(15)10(9)8-18-14(13,2)3/h6-7,13,16H,5,8H2,1-4H3. The van der Waals surface area contributed by atoms with Gasteiger partial charge in [-0.15, -0.1) is 11.8 Å². The molecule has 18 heavy (non-hydrogen) atoms. The molecule has 0 amide bonds. The Bertz CT molecular complexity index is 448. The Kier molecular flexibility index (Phi) is 3.87. The number of hydrogen-bond donors (Lipinski definition) is 1. The van der Waals surface area contributed by atoms with Crippen molar-refractivity contribution in [2.24, 2.45) is 0 Å². The number of thioether (sulfide) groups is 1. The summed E-state index contributed by atoms with van der Waals surface area (Å²) in [4.78, 5) is 0. The third-order valence-corrected chi connectivity index (χ3v) is 4.88. The second kappa shape index (κ2) is 5.10. The molecule has 0 aromatic heterocycles. The van der Waals surface area contributed by atoms with Crippen molar-refractivity contribution in [3.05, 3.63) is 29.1 Å². The SMILES string of the molecule is CCNC1c2ccc(OC)c(F)c2CSC1(C)C. The molecule has 1 aromatic rings. The minimum atomic E-state index is -0.207. The van der Waals surface area contributed by atoms with Crippen LogP contribution >= 0.6 is 11.8 Å². The predicted molar refractivity (Wildman–Crippen MR) is 74.7 cm³/mol. The van der Waals surface area contributed by atoms with Crippen LogP contribution in [0.25, 0.3) is 0 Å². The predicted octanol–water partition coefficient (Wildman–Crippen LogP) is 3.51. The Morgan fingerprint density at radius 2 is 2.22 bits per heavy atom. The van der Waals surface area contributed by atoms with Crippen LogP contribution in [-0.4, -0.2) is 18.4 Å². The van der Waals surface area contributed by atoms with Crippen LogP contribution in [0.15, 0.2) is 12.1 Å². The molecule has 0 radical (unpaired) electrons. The maximum Gasteiger partial charge on any atom is 0.169 e. The Morgan fingerprint density at radius 1 is 1.50 bits per heavy atom. The van der Waals surface area contributed by atoms with Gasteiger partial charge in [0.05, 0.1) is 7.11 Å². The van der Waals surface area contributed by atoms with E-state index in [4.69, 9.17) is 4.74 Å². The smallest absolute Gasteiger partial charge is 0.169 e. The first-order valence-electron chi connectivity index (χ1n) is 6.24. The van der Waals surface area contributed by atoms with Gasteiger partial charge in [0.15, 0.2) is 11.6 Å². The molecule has 0 saturated carbocycles. The minimum absolute atomic E-state index is 0.0735. The molecule has 2 nitrogen and oxygen atoms in total. The van der Waals surface area contributed by atoms with Crippen LogP contribution in [0.2, 0.25) is 0 Å². The van der Waals surface area contributed by atoms with Gasteiger partial charge in [0.2, 0.25) is 0 Å². The van der Waals surface area contributed by atoms with E-state index in [1.807, 2.05) is 6.07 Å². The highest BCUT2D eigenvalue weighted by Crippen LogP contribution is 2.47. The molecule has 100 valence electrons. The van der Waals surface area contributed by atoms with E-state index in [-0.39, 0.29) is 16.6 Å². The Hall–Kier alpha value is -0.740. The fourth-order valence-electron chi connectivity index (χ4n) is 2.47. The zero-order valence-corrected chi connectivity index (χ0v) is 12.2. The summed E-state index contributed by atoms with van der Waals surface area (Å²) in [5, 5.41) is 3.47. The van der Waals surface area contributed by atoms with Crippen LogP contribution in [0.5, 0.6) is 5.75 Å². The fraction of sp³-hybridized carbons (Fsp3) is 0.571. The van der Waals surface area contributed by atoms with Gasteiger partial charge in [-0.1, -0.05) is 13.0 Å². The van der Waals surface area contributed by atoms with E-state index in [1.54, 1.807) is 17.8 Å². The number of fused-ring (bicyclic) bond motifs is 1. The first-order valence-corrected chi connectivity index (χ1v) is 7.22. The van der Waals surface area contributed by atoms with Crippen LogP contribution in [0.3, 0.4) is 0 Å². The van der Waals surface area contributed by atoms with E-state index >= 15 is 0 Å². The average molecular weight is 269 g/mol. The molecule has 1 atom stereocenters. The lowest BCUT2D eigenvalue weighted by molar-refractivity contribution is 0.380. The van der Waals surface area contributed by atoms with E-state index < -0.39 is 0 Å². The van der Waals surface area contributed by atoms with Gasteiger partial charge in [-0.25, -0.2) is 4.39 Å². The van der Waals surface area contributed by atoms with E-state index in [1.165, 1.54) is 7.11 Å². The molecule has 0 spiro atoms. The molecular formula is C14H20FNOS. The minimum Gasteiger partial charge on any atom is -0.494 e. The second-order valence-electron chi connectivity index (χ2n) is 5.03. The van der Waals surface area contributed by atoms with Crippen LogP contribution in [-0.2, 0) is 5.75 Å². The van der Waals surface area contributed by atoms with E-state index in [9.17, 15) is 4.39 Å². The van der Waals surface area contributed by atoms with Gasteiger partial charge in [-0.05, 0) is 32.0 Å². The summed E-state index contributed by atoms with van der Waals surface area (Å²) < 4.78 is 19.4. The van der Waals surface area contributed by atoms with Crippen LogP contribution in [0.1, 0.15) is 37.9 Å². The Morgan fingerprint density at radius 3 is 2.83 bits per heavy atom. The van der Waals surface area contributed by atoms with Gasteiger partial charge in [0.25, 0.3) is 0 Å². The molecular weight excluding hydrogens is 249 g/mol. The highest BCUT2D eigenvalue weighted by Gasteiger charge is 2.37. The number of ether oxygens (including phenoxy) is 1. The van der Waals surface area contributed by atoms with Crippen molar-refractivity contribution in [3.63, 3.8) is 0 Å². The summed E-state index contributed by atoms with van der Waals surface area (Å²) >= 11 is 1.79. The van der Waals surface area contributed by atoms with Gasteiger partial charge in [-0.3, -0.25) is 0 Å². The number of halogens is 1. The van der Waals surface area contributed by atoms with Crippen LogP contribution in [0.4, 0.5) is 4.39 Å². The van der Waals surface area contributed by atoms with Crippen LogP contribution in [0, 0.1) is 5.82 Å². The molecule has 0 saturated heterocycles. The van der Waals surface area contributed by atoms with Crippen molar-refractivity contribution < 1.29 is 9.13 Å².